The zero-order valence-electron chi connectivity index (χ0n) is 17.7. The van der Waals surface area contributed by atoms with Gasteiger partial charge in [0.1, 0.15) is 5.82 Å². The molecule has 0 spiro atoms. The number of nitrogens with one attached hydrogen (secondary N) is 3. The van der Waals surface area contributed by atoms with Crippen molar-refractivity contribution < 1.29 is 9.90 Å². The van der Waals surface area contributed by atoms with Gasteiger partial charge in [0.25, 0.3) is 0 Å². The number of anilines is 1. The molecule has 0 radical (unpaired) electrons. The van der Waals surface area contributed by atoms with Gasteiger partial charge in [-0.25, -0.2) is 4.98 Å². The molecule has 0 aliphatic heterocycles. The molecule has 1 heterocycles. The number of aromatic nitrogens is 1. The van der Waals surface area contributed by atoms with Crippen LogP contribution in [0, 0.1) is 12.3 Å². The molecule has 1 aliphatic rings. The summed E-state index contributed by atoms with van der Waals surface area (Å²) >= 11 is 0. The number of aryl methyl sites for hydroxylation is 1. The van der Waals surface area contributed by atoms with Crippen molar-refractivity contribution in [2.24, 2.45) is 10.4 Å². The normalized spacial score (nSPS) is 15.9. The van der Waals surface area contributed by atoms with E-state index < -0.39 is 0 Å². The molecule has 29 heavy (non-hydrogen) atoms. The minimum absolute atomic E-state index is 0. The van der Waals surface area contributed by atoms with E-state index in [2.05, 4.69) is 20.9 Å². The van der Waals surface area contributed by atoms with E-state index in [1.54, 1.807) is 12.3 Å². The zero-order chi connectivity index (χ0) is 20.2. The Hall–Kier alpha value is -1.42. The summed E-state index contributed by atoms with van der Waals surface area (Å²) in [6, 6.07) is 3.72. The van der Waals surface area contributed by atoms with Gasteiger partial charge in [0.2, 0.25) is 5.91 Å². The Morgan fingerprint density at radius 1 is 1.24 bits per heavy atom. The third-order valence-corrected chi connectivity index (χ3v) is 5.30. The highest BCUT2D eigenvalue weighted by atomic mass is 127. The molecular weight excluding hydrogens is 481 g/mol. The van der Waals surface area contributed by atoms with Crippen molar-refractivity contribution in [3.63, 3.8) is 0 Å². The standard InChI is InChI=1S/C21H35N5O2.HI/c1-3-22-20(25-16-21(12-14-27)10-5-4-6-11-21)23-13-9-19(28)26-18-8-7-17(2)15-24-18;/h7-8,15,27H,3-6,9-14,16H2,1-2H3,(H2,22,23,25)(H,24,26,28);1H. The maximum Gasteiger partial charge on any atom is 0.227 e. The smallest absolute Gasteiger partial charge is 0.227 e. The fraction of sp³-hybridized carbons (Fsp3) is 0.667. The highest BCUT2D eigenvalue weighted by molar-refractivity contribution is 14.0. The molecule has 0 bridgehead atoms. The Kier molecular flexibility index (Phi) is 12.1. The Balaban J connectivity index is 0.00000420. The molecule has 0 aromatic carbocycles. The van der Waals surface area contributed by atoms with Crippen LogP contribution in [0.25, 0.3) is 0 Å². The number of aliphatic hydroxyl groups is 1. The number of carbonyl (C=O) groups excluding carboxylic acids is 1. The summed E-state index contributed by atoms with van der Waals surface area (Å²) in [7, 11) is 0. The van der Waals surface area contributed by atoms with Gasteiger partial charge in [0, 0.05) is 38.9 Å². The van der Waals surface area contributed by atoms with Gasteiger partial charge < -0.3 is 21.1 Å². The first-order valence-electron chi connectivity index (χ1n) is 10.4. The predicted molar refractivity (Wildman–Crippen MR) is 129 cm³/mol. The van der Waals surface area contributed by atoms with Crippen molar-refractivity contribution in [1.82, 2.24) is 15.6 Å². The lowest BCUT2D eigenvalue weighted by Crippen LogP contribution is -2.40. The highest BCUT2D eigenvalue weighted by Gasteiger charge is 2.31. The molecule has 0 atom stereocenters. The van der Waals surface area contributed by atoms with Crippen LogP contribution in [-0.2, 0) is 4.79 Å². The van der Waals surface area contributed by atoms with Gasteiger partial charge in [-0.05, 0) is 50.2 Å². The van der Waals surface area contributed by atoms with Crippen LogP contribution in [0.3, 0.4) is 0 Å². The lowest BCUT2D eigenvalue weighted by Gasteiger charge is -2.35. The van der Waals surface area contributed by atoms with Crippen molar-refractivity contribution in [2.75, 3.05) is 31.6 Å². The van der Waals surface area contributed by atoms with E-state index >= 15 is 0 Å². The molecule has 1 aliphatic carbocycles. The molecule has 1 fully saturated rings. The summed E-state index contributed by atoms with van der Waals surface area (Å²) in [5, 5.41) is 18.7. The van der Waals surface area contributed by atoms with E-state index in [4.69, 9.17) is 4.99 Å². The molecule has 8 heteroatoms. The Labute approximate surface area is 191 Å². The number of guanidine groups is 1. The van der Waals surface area contributed by atoms with Crippen LogP contribution < -0.4 is 16.0 Å². The average molecular weight is 517 g/mol. The quantitative estimate of drug-likeness (QED) is 0.229. The molecule has 7 nitrogen and oxygen atoms in total. The van der Waals surface area contributed by atoms with Crippen LogP contribution in [0.2, 0.25) is 0 Å². The van der Waals surface area contributed by atoms with Crippen LogP contribution >= 0.6 is 24.0 Å². The number of hydrogen-bond acceptors (Lipinski definition) is 4. The summed E-state index contributed by atoms with van der Waals surface area (Å²) in [5.74, 6) is 1.22. The van der Waals surface area contributed by atoms with E-state index in [9.17, 15) is 9.90 Å². The van der Waals surface area contributed by atoms with Crippen LogP contribution in [0.15, 0.2) is 23.3 Å². The van der Waals surface area contributed by atoms with Gasteiger partial charge in [-0.15, -0.1) is 24.0 Å². The molecule has 1 aromatic heterocycles. The molecule has 4 N–H and O–H groups in total. The van der Waals surface area contributed by atoms with E-state index in [0.29, 0.717) is 25.3 Å². The minimum Gasteiger partial charge on any atom is -0.396 e. The van der Waals surface area contributed by atoms with Crippen LogP contribution in [0.1, 0.15) is 57.4 Å². The van der Waals surface area contributed by atoms with E-state index in [1.165, 1.54) is 19.3 Å². The van der Waals surface area contributed by atoms with Crippen molar-refractivity contribution >= 4 is 41.7 Å². The van der Waals surface area contributed by atoms with Gasteiger partial charge in [-0.3, -0.25) is 9.79 Å². The number of hydrogen-bond donors (Lipinski definition) is 4. The Morgan fingerprint density at radius 3 is 2.62 bits per heavy atom. The second-order valence-electron chi connectivity index (χ2n) is 7.68. The summed E-state index contributed by atoms with van der Waals surface area (Å²) in [6.07, 6.45) is 8.84. The van der Waals surface area contributed by atoms with E-state index in [-0.39, 0.29) is 41.9 Å². The van der Waals surface area contributed by atoms with Gasteiger partial charge in [0.15, 0.2) is 5.96 Å². The van der Waals surface area contributed by atoms with Gasteiger partial charge in [-0.1, -0.05) is 25.3 Å². The van der Waals surface area contributed by atoms with Crippen LogP contribution in [0.4, 0.5) is 5.82 Å². The van der Waals surface area contributed by atoms with Crippen molar-refractivity contribution in [3.05, 3.63) is 23.9 Å². The first-order chi connectivity index (χ1) is 13.6. The highest BCUT2D eigenvalue weighted by Crippen LogP contribution is 2.39. The molecule has 164 valence electrons. The predicted octanol–water partition coefficient (Wildman–Crippen LogP) is 3.22. The summed E-state index contributed by atoms with van der Waals surface area (Å²) in [4.78, 5) is 21.0. The average Bonchev–Trinajstić information content (AvgIpc) is 2.69. The number of halogens is 1. The summed E-state index contributed by atoms with van der Waals surface area (Å²) in [5.41, 5.74) is 1.17. The largest absolute Gasteiger partial charge is 0.396 e. The second-order valence-corrected chi connectivity index (χ2v) is 7.68. The van der Waals surface area contributed by atoms with Crippen molar-refractivity contribution in [2.45, 2.75) is 58.8 Å². The monoisotopic (exact) mass is 517 g/mol. The van der Waals surface area contributed by atoms with E-state index in [1.807, 2.05) is 19.9 Å². The first-order valence-corrected chi connectivity index (χ1v) is 10.4. The number of aliphatic imine (C=N–C) groups is 1. The molecular formula is C21H36IN5O2. The maximum absolute atomic E-state index is 12.1. The third-order valence-electron chi connectivity index (χ3n) is 5.30. The fourth-order valence-corrected chi connectivity index (χ4v) is 3.66. The van der Waals surface area contributed by atoms with Crippen LogP contribution in [-0.4, -0.2) is 48.2 Å². The number of nitrogens with zero attached hydrogens (tertiary/aromatic N) is 2. The SMILES string of the molecule is CCNC(=NCC1(CCO)CCCCC1)NCCC(=O)Nc1ccc(C)cn1.I. The molecule has 1 aromatic rings. The number of amides is 1. The maximum atomic E-state index is 12.1. The molecule has 0 saturated heterocycles. The molecule has 2 rings (SSSR count). The zero-order valence-corrected chi connectivity index (χ0v) is 20.0. The summed E-state index contributed by atoms with van der Waals surface area (Å²) < 4.78 is 0. The van der Waals surface area contributed by atoms with Gasteiger partial charge in [0.05, 0.1) is 0 Å². The second kappa shape index (κ2) is 13.7. The molecule has 1 saturated carbocycles. The van der Waals surface area contributed by atoms with Gasteiger partial charge in [-0.2, -0.15) is 0 Å². The Morgan fingerprint density at radius 2 is 2.00 bits per heavy atom. The first kappa shape index (κ1) is 25.6. The summed E-state index contributed by atoms with van der Waals surface area (Å²) in [6.45, 7) is 6.17. The number of carbonyl (C=O) groups is 1. The van der Waals surface area contributed by atoms with Crippen LogP contribution in [0.5, 0.6) is 0 Å². The number of rotatable bonds is 9. The number of pyridine rings is 1. The Bertz CT molecular complexity index is 625. The van der Waals surface area contributed by atoms with Crippen molar-refractivity contribution in [3.8, 4) is 0 Å². The van der Waals surface area contributed by atoms with E-state index in [0.717, 1.165) is 37.3 Å². The minimum atomic E-state index is -0.0799. The topological polar surface area (TPSA) is 98.6 Å². The fourth-order valence-electron chi connectivity index (χ4n) is 3.66. The lowest BCUT2D eigenvalue weighted by molar-refractivity contribution is -0.116. The van der Waals surface area contributed by atoms with Gasteiger partial charge >= 0.3 is 0 Å². The third kappa shape index (κ3) is 9.29. The molecule has 0 unspecified atom stereocenters. The lowest BCUT2D eigenvalue weighted by atomic mass is 9.72. The molecule has 1 amide bonds. The van der Waals surface area contributed by atoms with Crippen molar-refractivity contribution in [1.29, 1.82) is 0 Å². The number of aliphatic hydroxyl groups excluding tert-OH is 1.